The molecule has 1 aromatic carbocycles. The molecule has 5 heteroatoms. The fraction of sp³-hybridized carbons (Fsp3) is 0.571. The van der Waals surface area contributed by atoms with E-state index in [0.29, 0.717) is 23.3 Å². The van der Waals surface area contributed by atoms with Crippen molar-refractivity contribution in [3.05, 3.63) is 28.3 Å². The van der Waals surface area contributed by atoms with Gasteiger partial charge in [-0.15, -0.1) is 0 Å². The van der Waals surface area contributed by atoms with Crippen LogP contribution in [0.5, 0.6) is 0 Å². The van der Waals surface area contributed by atoms with Gasteiger partial charge in [-0.3, -0.25) is 10.1 Å². The van der Waals surface area contributed by atoms with Crippen LogP contribution in [-0.2, 0) is 0 Å². The third-order valence-electron chi connectivity index (χ3n) is 3.50. The Bertz CT molecular complexity index is 458. The largest absolute Gasteiger partial charge is 0.379 e. The fourth-order valence-electron chi connectivity index (χ4n) is 2.22. The van der Waals surface area contributed by atoms with Gasteiger partial charge in [0, 0.05) is 12.6 Å². The zero-order chi connectivity index (χ0) is 13.8. The topological polar surface area (TPSA) is 67.2 Å². The van der Waals surface area contributed by atoms with Crippen molar-refractivity contribution < 1.29 is 4.92 Å². The maximum absolute atomic E-state index is 11.3. The number of hydrogen-bond acceptors (Lipinski definition) is 4. The molecule has 0 heterocycles. The van der Waals surface area contributed by atoms with Gasteiger partial charge >= 0.3 is 5.69 Å². The van der Waals surface area contributed by atoms with Gasteiger partial charge in [-0.2, -0.15) is 0 Å². The molecule has 5 nitrogen and oxygen atoms in total. The number of nitrogens with zero attached hydrogens (tertiary/aromatic N) is 1. The maximum atomic E-state index is 11.3. The fourth-order valence-corrected chi connectivity index (χ4v) is 2.22. The molecule has 0 bridgehead atoms. The van der Waals surface area contributed by atoms with Crippen molar-refractivity contribution in [2.45, 2.75) is 39.2 Å². The summed E-state index contributed by atoms with van der Waals surface area (Å²) in [6.07, 6.45) is 3.37. The van der Waals surface area contributed by atoms with E-state index >= 15 is 0 Å². The van der Waals surface area contributed by atoms with Crippen LogP contribution in [0.25, 0.3) is 0 Å². The third-order valence-corrected chi connectivity index (χ3v) is 3.50. The number of nitro groups is 1. The van der Waals surface area contributed by atoms with Gasteiger partial charge in [0.15, 0.2) is 0 Å². The molecule has 0 saturated heterocycles. The number of nitro benzene ring substituents is 1. The van der Waals surface area contributed by atoms with Crippen LogP contribution in [0.4, 0.5) is 17.1 Å². The lowest BCUT2D eigenvalue weighted by molar-refractivity contribution is -0.383. The van der Waals surface area contributed by atoms with E-state index in [1.54, 1.807) is 12.1 Å². The Morgan fingerprint density at radius 1 is 1.42 bits per heavy atom. The predicted octanol–water partition coefficient (Wildman–Crippen LogP) is 3.63. The summed E-state index contributed by atoms with van der Waals surface area (Å²) in [7, 11) is 0. The first kappa shape index (κ1) is 13.6. The molecule has 19 heavy (non-hydrogen) atoms. The van der Waals surface area contributed by atoms with E-state index in [1.165, 1.54) is 12.8 Å². The van der Waals surface area contributed by atoms with Gasteiger partial charge in [0.2, 0.25) is 0 Å². The van der Waals surface area contributed by atoms with Crippen LogP contribution >= 0.6 is 0 Å². The molecular formula is C14H21N3O2. The lowest BCUT2D eigenvalue weighted by atomic mass is 10.1. The summed E-state index contributed by atoms with van der Waals surface area (Å²) in [4.78, 5) is 11.0. The Kier molecular flexibility index (Phi) is 4.24. The van der Waals surface area contributed by atoms with Crippen molar-refractivity contribution in [2.75, 3.05) is 17.2 Å². The molecule has 1 aliphatic rings. The van der Waals surface area contributed by atoms with Crippen molar-refractivity contribution in [1.29, 1.82) is 0 Å². The Morgan fingerprint density at radius 2 is 2.11 bits per heavy atom. The van der Waals surface area contributed by atoms with Crippen LogP contribution in [0.1, 0.15) is 33.1 Å². The summed E-state index contributed by atoms with van der Waals surface area (Å²) >= 11 is 0. The molecule has 0 spiro atoms. The van der Waals surface area contributed by atoms with Crippen LogP contribution in [0, 0.1) is 16.0 Å². The maximum Gasteiger partial charge on any atom is 0.315 e. The van der Waals surface area contributed by atoms with Gasteiger partial charge < -0.3 is 10.6 Å². The lowest BCUT2D eigenvalue weighted by Crippen LogP contribution is -2.18. The molecule has 0 amide bonds. The number of nitrogens with one attached hydrogen (secondary N) is 2. The molecule has 0 aromatic heterocycles. The van der Waals surface area contributed by atoms with Crippen molar-refractivity contribution >= 4 is 17.1 Å². The summed E-state index contributed by atoms with van der Waals surface area (Å²) in [6, 6.07) is 5.70. The first-order valence-electron chi connectivity index (χ1n) is 6.91. The second-order valence-electron chi connectivity index (χ2n) is 5.16. The van der Waals surface area contributed by atoms with Crippen LogP contribution in [-0.4, -0.2) is 17.5 Å². The minimum Gasteiger partial charge on any atom is -0.379 e. The molecule has 0 aliphatic heterocycles. The second-order valence-corrected chi connectivity index (χ2v) is 5.16. The zero-order valence-electron chi connectivity index (χ0n) is 11.5. The summed E-state index contributed by atoms with van der Waals surface area (Å²) in [5.74, 6) is 0.659. The minimum atomic E-state index is -0.306. The standard InChI is InChI=1S/C14H21N3O2/c1-3-9-15-12-5-4-6-13(14(12)17(18)19)16-10(2)11-7-8-11/h4-6,10-11,15-16H,3,7-9H2,1-2H3. The van der Waals surface area contributed by atoms with Gasteiger partial charge in [-0.25, -0.2) is 0 Å². The van der Waals surface area contributed by atoms with E-state index in [0.717, 1.165) is 13.0 Å². The van der Waals surface area contributed by atoms with Gasteiger partial charge in [0.25, 0.3) is 0 Å². The summed E-state index contributed by atoms with van der Waals surface area (Å²) in [6.45, 7) is 4.87. The van der Waals surface area contributed by atoms with E-state index in [-0.39, 0.29) is 10.6 Å². The average molecular weight is 263 g/mol. The smallest absolute Gasteiger partial charge is 0.315 e. The summed E-state index contributed by atoms with van der Waals surface area (Å²) in [5.41, 5.74) is 1.37. The van der Waals surface area contributed by atoms with Crippen LogP contribution in [0.3, 0.4) is 0 Å². The molecule has 1 fully saturated rings. The first-order chi connectivity index (χ1) is 9.13. The third kappa shape index (κ3) is 3.36. The molecule has 0 radical (unpaired) electrons. The average Bonchev–Trinajstić information content (AvgIpc) is 3.20. The Morgan fingerprint density at radius 3 is 2.68 bits per heavy atom. The summed E-state index contributed by atoms with van der Waals surface area (Å²) < 4.78 is 0. The van der Waals surface area contributed by atoms with Gasteiger partial charge in [-0.1, -0.05) is 13.0 Å². The molecule has 104 valence electrons. The normalized spacial score (nSPS) is 15.9. The number of para-hydroxylation sites is 1. The number of anilines is 2. The first-order valence-corrected chi connectivity index (χ1v) is 6.91. The van der Waals surface area contributed by atoms with Crippen molar-refractivity contribution in [2.24, 2.45) is 5.92 Å². The Labute approximate surface area is 113 Å². The van der Waals surface area contributed by atoms with Crippen molar-refractivity contribution in [3.63, 3.8) is 0 Å². The second kappa shape index (κ2) is 5.91. The molecule has 1 saturated carbocycles. The highest BCUT2D eigenvalue weighted by atomic mass is 16.6. The highest BCUT2D eigenvalue weighted by molar-refractivity contribution is 5.76. The van der Waals surface area contributed by atoms with Gasteiger partial charge in [0.1, 0.15) is 11.4 Å². The van der Waals surface area contributed by atoms with E-state index in [9.17, 15) is 10.1 Å². The Hall–Kier alpha value is -1.78. The van der Waals surface area contributed by atoms with E-state index in [1.807, 2.05) is 13.0 Å². The lowest BCUT2D eigenvalue weighted by Gasteiger charge is -2.16. The van der Waals surface area contributed by atoms with Gasteiger partial charge in [-0.05, 0) is 44.2 Å². The van der Waals surface area contributed by atoms with Crippen molar-refractivity contribution in [3.8, 4) is 0 Å². The monoisotopic (exact) mass is 263 g/mol. The highest BCUT2D eigenvalue weighted by Gasteiger charge is 2.29. The molecule has 2 rings (SSSR count). The number of rotatable bonds is 7. The molecule has 1 unspecified atom stereocenters. The van der Waals surface area contributed by atoms with Gasteiger partial charge in [0.05, 0.1) is 4.92 Å². The molecule has 1 atom stereocenters. The molecule has 2 N–H and O–H groups in total. The van der Waals surface area contributed by atoms with E-state index < -0.39 is 0 Å². The van der Waals surface area contributed by atoms with Crippen molar-refractivity contribution in [1.82, 2.24) is 0 Å². The quantitative estimate of drug-likeness (QED) is 0.582. The molecule has 1 aromatic rings. The number of benzene rings is 1. The number of hydrogen-bond donors (Lipinski definition) is 2. The van der Waals surface area contributed by atoms with Crippen LogP contribution in [0.2, 0.25) is 0 Å². The highest BCUT2D eigenvalue weighted by Crippen LogP contribution is 2.38. The van der Waals surface area contributed by atoms with E-state index in [2.05, 4.69) is 17.6 Å². The zero-order valence-corrected chi connectivity index (χ0v) is 11.5. The molecule has 1 aliphatic carbocycles. The van der Waals surface area contributed by atoms with Crippen LogP contribution < -0.4 is 10.6 Å². The van der Waals surface area contributed by atoms with Crippen LogP contribution in [0.15, 0.2) is 18.2 Å². The Balaban J connectivity index is 2.22. The summed E-state index contributed by atoms with van der Waals surface area (Å²) in [5, 5.41) is 17.7. The minimum absolute atomic E-state index is 0.156. The predicted molar refractivity (Wildman–Crippen MR) is 77.7 cm³/mol. The SMILES string of the molecule is CCCNc1cccc(NC(C)C2CC2)c1[N+](=O)[O-]. The van der Waals surface area contributed by atoms with E-state index in [4.69, 9.17) is 0 Å². The molecular weight excluding hydrogens is 242 g/mol.